The van der Waals surface area contributed by atoms with Gasteiger partial charge in [0.2, 0.25) is 15.9 Å². The third-order valence-electron chi connectivity index (χ3n) is 4.51. The van der Waals surface area contributed by atoms with Crippen LogP contribution in [0.1, 0.15) is 18.4 Å². The number of carbonyl (C=O) groups excluding carboxylic acids is 1. The van der Waals surface area contributed by atoms with Crippen LogP contribution in [0.15, 0.2) is 59.5 Å². The van der Waals surface area contributed by atoms with Crippen LogP contribution in [-0.4, -0.2) is 31.7 Å². The fourth-order valence-corrected chi connectivity index (χ4v) is 4.70. The maximum Gasteiger partial charge on any atom is 0.245 e. The minimum atomic E-state index is -3.87. The van der Waals surface area contributed by atoms with Gasteiger partial charge in [0, 0.05) is 26.1 Å². The van der Waals surface area contributed by atoms with Gasteiger partial charge in [-0.15, -0.1) is 0 Å². The van der Waals surface area contributed by atoms with Crippen molar-refractivity contribution in [1.29, 1.82) is 0 Å². The lowest BCUT2D eigenvalue weighted by Crippen LogP contribution is -2.31. The zero-order valence-corrected chi connectivity index (χ0v) is 15.1. The molecule has 2 aromatic carbocycles. The first-order valence-electron chi connectivity index (χ1n) is 8.52. The van der Waals surface area contributed by atoms with Crippen molar-refractivity contribution >= 4 is 15.9 Å². The van der Waals surface area contributed by atoms with Crippen LogP contribution in [0.25, 0.3) is 0 Å². The summed E-state index contributed by atoms with van der Waals surface area (Å²) in [4.78, 5) is 11.8. The van der Waals surface area contributed by atoms with Gasteiger partial charge in [-0.2, -0.15) is 4.31 Å². The highest BCUT2D eigenvalue weighted by Crippen LogP contribution is 2.27. The van der Waals surface area contributed by atoms with Crippen molar-refractivity contribution in [3.05, 3.63) is 66.0 Å². The molecule has 0 spiro atoms. The minimum Gasteiger partial charge on any atom is -0.352 e. The summed E-state index contributed by atoms with van der Waals surface area (Å²) in [5, 5.41) is 2.85. The molecule has 1 atom stereocenters. The van der Waals surface area contributed by atoms with Gasteiger partial charge in [0.05, 0.1) is 0 Å². The lowest BCUT2D eigenvalue weighted by atomic mass is 10.0. The molecule has 1 aliphatic rings. The maximum atomic E-state index is 13.8. The average molecular weight is 376 g/mol. The molecule has 1 heterocycles. The van der Waals surface area contributed by atoms with Crippen LogP contribution in [0, 0.1) is 11.7 Å². The summed E-state index contributed by atoms with van der Waals surface area (Å²) in [6.07, 6.45) is 0.850. The van der Waals surface area contributed by atoms with Crippen molar-refractivity contribution in [2.24, 2.45) is 5.92 Å². The molecule has 138 valence electrons. The van der Waals surface area contributed by atoms with Gasteiger partial charge in [-0.1, -0.05) is 42.5 Å². The van der Waals surface area contributed by atoms with Gasteiger partial charge >= 0.3 is 0 Å². The highest BCUT2D eigenvalue weighted by molar-refractivity contribution is 7.89. The molecule has 0 saturated carbocycles. The molecule has 1 unspecified atom stereocenters. The number of hydrogen-bond donors (Lipinski definition) is 1. The molecule has 5 nitrogen and oxygen atoms in total. The third kappa shape index (κ3) is 4.28. The minimum absolute atomic E-state index is 0.0627. The molecule has 0 aliphatic carbocycles. The Bertz CT molecular complexity index is 871. The molecule has 1 amide bonds. The SMILES string of the molecule is O=C(CC1CCN(S(=O)(=O)c2ccccc2F)C1)NCc1ccccc1. The van der Waals surface area contributed by atoms with E-state index in [1.165, 1.54) is 22.5 Å². The van der Waals surface area contributed by atoms with Crippen molar-refractivity contribution in [2.75, 3.05) is 13.1 Å². The monoisotopic (exact) mass is 376 g/mol. The Morgan fingerprint density at radius 2 is 1.81 bits per heavy atom. The smallest absolute Gasteiger partial charge is 0.245 e. The summed E-state index contributed by atoms with van der Waals surface area (Å²) in [6.45, 7) is 0.979. The Balaban J connectivity index is 1.55. The van der Waals surface area contributed by atoms with Crippen molar-refractivity contribution < 1.29 is 17.6 Å². The number of carbonyl (C=O) groups is 1. The van der Waals surface area contributed by atoms with Crippen LogP contribution in [0.5, 0.6) is 0 Å². The Hall–Kier alpha value is -2.25. The van der Waals surface area contributed by atoms with E-state index in [0.29, 0.717) is 19.5 Å². The summed E-state index contributed by atoms with van der Waals surface area (Å²) in [5.74, 6) is -0.923. The topological polar surface area (TPSA) is 66.5 Å². The number of rotatable bonds is 6. The lowest BCUT2D eigenvalue weighted by Gasteiger charge is -2.17. The first-order chi connectivity index (χ1) is 12.5. The average Bonchev–Trinajstić information content (AvgIpc) is 3.10. The van der Waals surface area contributed by atoms with E-state index in [1.54, 1.807) is 0 Å². The molecule has 0 radical (unpaired) electrons. The van der Waals surface area contributed by atoms with Crippen LogP contribution in [0.4, 0.5) is 4.39 Å². The number of nitrogens with zero attached hydrogens (tertiary/aromatic N) is 1. The predicted molar refractivity (Wildman–Crippen MR) is 96.2 cm³/mol. The van der Waals surface area contributed by atoms with E-state index < -0.39 is 15.8 Å². The maximum absolute atomic E-state index is 13.8. The van der Waals surface area contributed by atoms with Crippen molar-refractivity contribution in [2.45, 2.75) is 24.3 Å². The second-order valence-electron chi connectivity index (χ2n) is 6.41. The number of amides is 1. The molecular weight excluding hydrogens is 355 g/mol. The van der Waals surface area contributed by atoms with Gasteiger partial charge in [-0.05, 0) is 30.0 Å². The van der Waals surface area contributed by atoms with Crippen LogP contribution < -0.4 is 5.32 Å². The third-order valence-corrected chi connectivity index (χ3v) is 6.41. The Labute approximate surface area is 152 Å². The van der Waals surface area contributed by atoms with Gasteiger partial charge in [0.1, 0.15) is 10.7 Å². The molecule has 1 N–H and O–H groups in total. The molecular formula is C19H21FN2O3S. The Morgan fingerprint density at radius 1 is 1.12 bits per heavy atom. The summed E-state index contributed by atoms with van der Waals surface area (Å²) < 4.78 is 40.3. The van der Waals surface area contributed by atoms with Gasteiger partial charge < -0.3 is 5.32 Å². The second kappa shape index (κ2) is 7.97. The number of nitrogens with one attached hydrogen (secondary N) is 1. The number of benzene rings is 2. The summed E-state index contributed by atoms with van der Waals surface area (Å²) in [7, 11) is -3.87. The largest absolute Gasteiger partial charge is 0.352 e. The molecule has 0 aromatic heterocycles. The molecule has 0 bridgehead atoms. The van der Waals surface area contributed by atoms with E-state index in [2.05, 4.69) is 5.32 Å². The zero-order chi connectivity index (χ0) is 18.6. The highest BCUT2D eigenvalue weighted by atomic mass is 32.2. The van der Waals surface area contributed by atoms with Crippen LogP contribution in [-0.2, 0) is 21.4 Å². The van der Waals surface area contributed by atoms with Gasteiger partial charge in [0.15, 0.2) is 0 Å². The van der Waals surface area contributed by atoms with Gasteiger partial charge in [-0.25, -0.2) is 12.8 Å². The molecule has 1 saturated heterocycles. The Kier molecular flexibility index (Phi) is 5.68. The van der Waals surface area contributed by atoms with Crippen LogP contribution in [0.2, 0.25) is 0 Å². The lowest BCUT2D eigenvalue weighted by molar-refractivity contribution is -0.122. The summed E-state index contributed by atoms with van der Waals surface area (Å²) in [6, 6.07) is 14.9. The van der Waals surface area contributed by atoms with Crippen LogP contribution in [0.3, 0.4) is 0 Å². The van der Waals surface area contributed by atoms with Gasteiger partial charge in [-0.3, -0.25) is 4.79 Å². The van der Waals surface area contributed by atoms with Crippen molar-refractivity contribution in [3.8, 4) is 0 Å². The molecule has 1 fully saturated rings. The number of halogens is 1. The highest BCUT2D eigenvalue weighted by Gasteiger charge is 2.34. The fraction of sp³-hybridized carbons (Fsp3) is 0.316. The van der Waals surface area contributed by atoms with E-state index >= 15 is 0 Å². The quantitative estimate of drug-likeness (QED) is 0.843. The van der Waals surface area contributed by atoms with Crippen molar-refractivity contribution in [3.63, 3.8) is 0 Å². The van der Waals surface area contributed by atoms with Crippen LogP contribution >= 0.6 is 0 Å². The van der Waals surface area contributed by atoms with E-state index in [4.69, 9.17) is 0 Å². The zero-order valence-electron chi connectivity index (χ0n) is 14.3. The Morgan fingerprint density at radius 3 is 2.54 bits per heavy atom. The normalized spacial score (nSPS) is 18.0. The van der Waals surface area contributed by atoms with E-state index in [-0.39, 0.29) is 29.7 Å². The number of sulfonamides is 1. The summed E-state index contributed by atoms with van der Waals surface area (Å²) in [5.41, 5.74) is 1.01. The fourth-order valence-electron chi connectivity index (χ4n) is 3.11. The van der Waals surface area contributed by atoms with Gasteiger partial charge in [0.25, 0.3) is 0 Å². The molecule has 2 aromatic rings. The van der Waals surface area contributed by atoms with E-state index in [1.807, 2.05) is 30.3 Å². The van der Waals surface area contributed by atoms with E-state index in [0.717, 1.165) is 11.6 Å². The second-order valence-corrected chi connectivity index (χ2v) is 8.32. The molecule has 26 heavy (non-hydrogen) atoms. The standard InChI is InChI=1S/C19H21FN2O3S/c20-17-8-4-5-9-18(17)26(24,25)22-11-10-16(14-22)12-19(23)21-13-15-6-2-1-3-7-15/h1-9,16H,10-14H2,(H,21,23). The first kappa shape index (κ1) is 18.5. The first-order valence-corrected chi connectivity index (χ1v) is 9.96. The number of hydrogen-bond acceptors (Lipinski definition) is 3. The van der Waals surface area contributed by atoms with Crippen molar-refractivity contribution in [1.82, 2.24) is 9.62 Å². The molecule has 1 aliphatic heterocycles. The summed E-state index contributed by atoms with van der Waals surface area (Å²) >= 11 is 0. The van der Waals surface area contributed by atoms with E-state index in [9.17, 15) is 17.6 Å². The molecule has 3 rings (SSSR count). The predicted octanol–water partition coefficient (Wildman–Crippen LogP) is 2.54. The molecule has 7 heteroatoms.